The van der Waals surface area contributed by atoms with Gasteiger partial charge in [-0.05, 0) is 50.2 Å². The summed E-state index contributed by atoms with van der Waals surface area (Å²) >= 11 is 0. The lowest BCUT2D eigenvalue weighted by atomic mass is 9.71. The molecule has 0 aromatic heterocycles. The Kier molecular flexibility index (Phi) is 8.11. The van der Waals surface area contributed by atoms with Gasteiger partial charge in [-0.3, -0.25) is 4.79 Å². The van der Waals surface area contributed by atoms with Gasteiger partial charge in [-0.1, -0.05) is 61.4 Å². The molecule has 1 atom stereocenters. The third-order valence-corrected chi connectivity index (χ3v) is 4.62. The molecular formula is C22H32O3. The number of carbonyl (C=O) groups is 1. The van der Waals surface area contributed by atoms with Crippen LogP contribution in [0.2, 0.25) is 0 Å². The average molecular weight is 344 g/mol. The SMILES string of the molecule is CC(=O)OC1CCC(C)(C)C(/C=C/C(C)=C/C=C/C(C)=C/CO)=C1C. The number of hydrogen-bond donors (Lipinski definition) is 1. The number of carbonyl (C=O) groups excluding carboxylic acids is 1. The molecule has 0 spiro atoms. The van der Waals surface area contributed by atoms with Crippen molar-refractivity contribution in [2.45, 2.75) is 60.5 Å². The monoisotopic (exact) mass is 344 g/mol. The highest BCUT2D eigenvalue weighted by Gasteiger charge is 2.33. The first kappa shape index (κ1) is 21.2. The highest BCUT2D eigenvalue weighted by molar-refractivity contribution is 5.66. The molecule has 0 radical (unpaired) electrons. The van der Waals surface area contributed by atoms with E-state index in [2.05, 4.69) is 39.8 Å². The summed E-state index contributed by atoms with van der Waals surface area (Å²) < 4.78 is 5.46. The lowest BCUT2D eigenvalue weighted by Crippen LogP contribution is -2.30. The van der Waals surface area contributed by atoms with Gasteiger partial charge in [0, 0.05) is 6.92 Å². The Morgan fingerprint density at radius 3 is 2.52 bits per heavy atom. The number of rotatable bonds is 6. The van der Waals surface area contributed by atoms with Crippen molar-refractivity contribution in [3.8, 4) is 0 Å². The summed E-state index contributed by atoms with van der Waals surface area (Å²) in [4.78, 5) is 11.3. The van der Waals surface area contributed by atoms with E-state index in [1.165, 1.54) is 12.5 Å². The summed E-state index contributed by atoms with van der Waals surface area (Å²) in [6.07, 6.45) is 13.8. The molecule has 3 heteroatoms. The topological polar surface area (TPSA) is 46.5 Å². The number of hydrogen-bond acceptors (Lipinski definition) is 3. The van der Waals surface area contributed by atoms with Crippen molar-refractivity contribution in [1.29, 1.82) is 0 Å². The molecule has 0 saturated heterocycles. The predicted molar refractivity (Wildman–Crippen MR) is 104 cm³/mol. The van der Waals surface area contributed by atoms with Crippen molar-refractivity contribution in [3.63, 3.8) is 0 Å². The Hall–Kier alpha value is -1.87. The maximum absolute atomic E-state index is 11.3. The van der Waals surface area contributed by atoms with Crippen LogP contribution in [0, 0.1) is 5.41 Å². The zero-order valence-corrected chi connectivity index (χ0v) is 16.4. The van der Waals surface area contributed by atoms with Crippen molar-refractivity contribution in [3.05, 3.63) is 58.7 Å². The molecule has 0 heterocycles. The molecule has 0 amide bonds. The molecule has 0 aromatic carbocycles. The molecule has 0 bridgehead atoms. The van der Waals surface area contributed by atoms with Gasteiger partial charge in [-0.2, -0.15) is 0 Å². The lowest BCUT2D eigenvalue weighted by molar-refractivity contribution is -0.145. The van der Waals surface area contributed by atoms with E-state index in [4.69, 9.17) is 9.84 Å². The van der Waals surface area contributed by atoms with E-state index < -0.39 is 0 Å². The van der Waals surface area contributed by atoms with Crippen LogP contribution in [0.1, 0.15) is 54.4 Å². The molecule has 1 aliphatic rings. The minimum Gasteiger partial charge on any atom is -0.458 e. The van der Waals surface area contributed by atoms with E-state index in [1.54, 1.807) is 6.08 Å². The fourth-order valence-corrected chi connectivity index (χ4v) is 3.09. The zero-order valence-electron chi connectivity index (χ0n) is 16.4. The van der Waals surface area contributed by atoms with E-state index in [0.29, 0.717) is 0 Å². The van der Waals surface area contributed by atoms with Crippen molar-refractivity contribution in [1.82, 2.24) is 0 Å². The van der Waals surface area contributed by atoms with Gasteiger partial charge in [0.1, 0.15) is 6.10 Å². The standard InChI is InChI=1S/C22H32O3/c1-16(8-7-9-17(2)13-15-23)10-11-20-18(3)21(25-19(4)24)12-14-22(20,5)6/h7-11,13,21,23H,12,14-15H2,1-6H3/b9-7+,11-10+,16-8+,17-13+. The molecule has 138 valence electrons. The number of aliphatic hydroxyl groups excluding tert-OH is 1. The molecular weight excluding hydrogens is 312 g/mol. The fourth-order valence-electron chi connectivity index (χ4n) is 3.09. The van der Waals surface area contributed by atoms with Crippen LogP contribution in [0.15, 0.2) is 58.7 Å². The first-order valence-electron chi connectivity index (χ1n) is 8.86. The van der Waals surface area contributed by atoms with Gasteiger partial charge in [-0.15, -0.1) is 0 Å². The Balaban J connectivity index is 2.97. The Morgan fingerprint density at radius 1 is 1.24 bits per heavy atom. The molecule has 1 unspecified atom stereocenters. The maximum Gasteiger partial charge on any atom is 0.303 e. The predicted octanol–water partition coefficient (Wildman–Crippen LogP) is 5.05. The van der Waals surface area contributed by atoms with Crippen molar-refractivity contribution < 1.29 is 14.6 Å². The number of ether oxygens (including phenoxy) is 1. The highest BCUT2D eigenvalue weighted by Crippen LogP contribution is 2.42. The Bertz CT molecular complexity index is 628. The molecule has 1 rings (SSSR count). The average Bonchev–Trinajstić information content (AvgIpc) is 2.50. The summed E-state index contributed by atoms with van der Waals surface area (Å²) in [6, 6.07) is 0. The van der Waals surface area contributed by atoms with Crippen molar-refractivity contribution in [2.24, 2.45) is 5.41 Å². The number of aliphatic hydroxyl groups is 1. The van der Waals surface area contributed by atoms with Crippen LogP contribution < -0.4 is 0 Å². The van der Waals surface area contributed by atoms with E-state index in [-0.39, 0.29) is 24.1 Å². The third kappa shape index (κ3) is 6.87. The zero-order chi connectivity index (χ0) is 19.0. The molecule has 0 aliphatic heterocycles. The van der Waals surface area contributed by atoms with Crippen LogP contribution in [-0.4, -0.2) is 23.8 Å². The van der Waals surface area contributed by atoms with Crippen LogP contribution in [0.25, 0.3) is 0 Å². The summed E-state index contributed by atoms with van der Waals surface area (Å²) in [6.45, 7) is 12.1. The smallest absolute Gasteiger partial charge is 0.303 e. The summed E-state index contributed by atoms with van der Waals surface area (Å²) in [5.74, 6) is -0.222. The Labute approximate surface area is 152 Å². The number of esters is 1. The van der Waals surface area contributed by atoms with Gasteiger partial charge in [0.25, 0.3) is 0 Å². The second-order valence-electron chi connectivity index (χ2n) is 7.35. The van der Waals surface area contributed by atoms with Gasteiger partial charge in [0.2, 0.25) is 0 Å². The van der Waals surface area contributed by atoms with E-state index in [0.717, 1.165) is 29.6 Å². The molecule has 0 aromatic rings. The second-order valence-corrected chi connectivity index (χ2v) is 7.35. The summed E-state index contributed by atoms with van der Waals surface area (Å²) in [7, 11) is 0. The summed E-state index contributed by atoms with van der Waals surface area (Å²) in [5, 5.41) is 8.85. The largest absolute Gasteiger partial charge is 0.458 e. The van der Waals surface area contributed by atoms with E-state index in [1.807, 2.05) is 25.2 Å². The molecule has 1 aliphatic carbocycles. The fraction of sp³-hybridized carbons (Fsp3) is 0.500. The normalized spacial score (nSPS) is 22.1. The molecule has 1 N–H and O–H groups in total. The number of allylic oxidation sites excluding steroid dienone is 8. The van der Waals surface area contributed by atoms with Crippen LogP contribution in [0.5, 0.6) is 0 Å². The van der Waals surface area contributed by atoms with Gasteiger partial charge in [0.05, 0.1) is 6.61 Å². The van der Waals surface area contributed by atoms with Crippen LogP contribution in [0.3, 0.4) is 0 Å². The van der Waals surface area contributed by atoms with E-state index >= 15 is 0 Å². The van der Waals surface area contributed by atoms with Crippen LogP contribution in [-0.2, 0) is 9.53 Å². The van der Waals surface area contributed by atoms with Gasteiger partial charge >= 0.3 is 5.97 Å². The van der Waals surface area contributed by atoms with Crippen LogP contribution >= 0.6 is 0 Å². The second kappa shape index (κ2) is 9.57. The van der Waals surface area contributed by atoms with Gasteiger partial charge in [0.15, 0.2) is 0 Å². The van der Waals surface area contributed by atoms with Gasteiger partial charge < -0.3 is 9.84 Å². The van der Waals surface area contributed by atoms with Crippen molar-refractivity contribution >= 4 is 5.97 Å². The molecule has 3 nitrogen and oxygen atoms in total. The first-order chi connectivity index (χ1) is 11.7. The quantitative estimate of drug-likeness (QED) is 0.541. The minimum absolute atomic E-state index is 0.0603. The molecule has 0 saturated carbocycles. The third-order valence-electron chi connectivity index (χ3n) is 4.62. The maximum atomic E-state index is 11.3. The first-order valence-corrected chi connectivity index (χ1v) is 8.86. The molecule has 25 heavy (non-hydrogen) atoms. The lowest BCUT2D eigenvalue weighted by Gasteiger charge is -2.36. The van der Waals surface area contributed by atoms with Gasteiger partial charge in [-0.25, -0.2) is 0 Å². The molecule has 0 fully saturated rings. The highest BCUT2D eigenvalue weighted by atomic mass is 16.5. The van der Waals surface area contributed by atoms with Crippen molar-refractivity contribution in [2.75, 3.05) is 6.61 Å². The summed E-state index contributed by atoms with van der Waals surface area (Å²) in [5.41, 5.74) is 4.64. The Morgan fingerprint density at radius 2 is 1.92 bits per heavy atom. The minimum atomic E-state index is -0.222. The van der Waals surface area contributed by atoms with Crippen LogP contribution in [0.4, 0.5) is 0 Å². The van der Waals surface area contributed by atoms with E-state index in [9.17, 15) is 4.79 Å².